The van der Waals surface area contributed by atoms with Crippen molar-refractivity contribution in [2.24, 2.45) is 0 Å². The van der Waals surface area contributed by atoms with Crippen molar-refractivity contribution in [1.82, 2.24) is 20.8 Å². The monoisotopic (exact) mass is 214 g/mol. The Hall–Kier alpha value is -1.08. The van der Waals surface area contributed by atoms with Crippen molar-refractivity contribution in [3.8, 4) is 0 Å². The van der Waals surface area contributed by atoms with E-state index in [-0.39, 0.29) is 11.9 Å². The standard InChI is InChI=1S/C7H10N4O2S/c12-7(5-2-14-4-10-5)8-1-6-9-3-13-11-6/h3,5,10H,1-2,4H2,(H,8,12). The van der Waals surface area contributed by atoms with E-state index < -0.39 is 0 Å². The molecule has 7 heteroatoms. The van der Waals surface area contributed by atoms with Gasteiger partial charge in [-0.2, -0.15) is 4.98 Å². The third kappa shape index (κ3) is 2.24. The van der Waals surface area contributed by atoms with Gasteiger partial charge in [-0.15, -0.1) is 11.8 Å². The highest BCUT2D eigenvalue weighted by Crippen LogP contribution is 2.09. The maximum atomic E-state index is 11.5. The molecular weight excluding hydrogens is 204 g/mol. The second-order valence-electron chi connectivity index (χ2n) is 2.84. The van der Waals surface area contributed by atoms with Gasteiger partial charge in [0.2, 0.25) is 12.3 Å². The van der Waals surface area contributed by atoms with E-state index in [0.29, 0.717) is 12.4 Å². The molecule has 1 aromatic heterocycles. The number of amides is 1. The molecule has 1 saturated heterocycles. The summed E-state index contributed by atoms with van der Waals surface area (Å²) in [6.07, 6.45) is 1.24. The maximum Gasteiger partial charge on any atom is 0.238 e. The van der Waals surface area contributed by atoms with Crippen LogP contribution < -0.4 is 10.6 Å². The zero-order chi connectivity index (χ0) is 9.80. The molecule has 2 heterocycles. The Morgan fingerprint density at radius 1 is 1.86 bits per heavy atom. The fourth-order valence-corrected chi connectivity index (χ4v) is 2.07. The first kappa shape index (κ1) is 9.47. The van der Waals surface area contributed by atoms with Crippen LogP contribution in [-0.2, 0) is 11.3 Å². The second kappa shape index (κ2) is 4.43. The van der Waals surface area contributed by atoms with Crippen molar-refractivity contribution >= 4 is 17.7 Å². The number of hydrogen-bond acceptors (Lipinski definition) is 6. The lowest BCUT2D eigenvalue weighted by Gasteiger charge is -2.08. The molecule has 1 amide bonds. The van der Waals surface area contributed by atoms with Crippen LogP contribution in [0.1, 0.15) is 5.82 Å². The Morgan fingerprint density at radius 2 is 2.79 bits per heavy atom. The lowest BCUT2D eigenvalue weighted by molar-refractivity contribution is -0.122. The van der Waals surface area contributed by atoms with Crippen LogP contribution in [0, 0.1) is 0 Å². The van der Waals surface area contributed by atoms with Crippen molar-refractivity contribution in [1.29, 1.82) is 0 Å². The van der Waals surface area contributed by atoms with Gasteiger partial charge in [0.1, 0.15) is 0 Å². The molecule has 0 aliphatic carbocycles. The molecule has 2 rings (SSSR count). The van der Waals surface area contributed by atoms with Gasteiger partial charge in [-0.1, -0.05) is 5.16 Å². The van der Waals surface area contributed by atoms with E-state index in [4.69, 9.17) is 0 Å². The van der Waals surface area contributed by atoms with E-state index in [1.807, 2.05) is 0 Å². The predicted molar refractivity (Wildman–Crippen MR) is 50.4 cm³/mol. The van der Waals surface area contributed by atoms with Gasteiger partial charge in [0.15, 0.2) is 5.82 Å². The molecule has 6 nitrogen and oxygen atoms in total. The van der Waals surface area contributed by atoms with Crippen molar-refractivity contribution in [3.63, 3.8) is 0 Å². The van der Waals surface area contributed by atoms with E-state index in [0.717, 1.165) is 11.6 Å². The van der Waals surface area contributed by atoms with E-state index >= 15 is 0 Å². The van der Waals surface area contributed by atoms with Gasteiger partial charge in [-0.3, -0.25) is 10.1 Å². The van der Waals surface area contributed by atoms with Crippen LogP contribution in [0.2, 0.25) is 0 Å². The quantitative estimate of drug-likeness (QED) is 0.696. The Bertz CT molecular complexity index is 297. The highest BCUT2D eigenvalue weighted by molar-refractivity contribution is 7.99. The average Bonchev–Trinajstić information content (AvgIpc) is 2.87. The van der Waals surface area contributed by atoms with Gasteiger partial charge in [0, 0.05) is 11.6 Å². The minimum Gasteiger partial charge on any atom is -0.347 e. The molecule has 0 saturated carbocycles. The normalized spacial score (nSPS) is 21.0. The van der Waals surface area contributed by atoms with Crippen LogP contribution in [0.3, 0.4) is 0 Å². The fourth-order valence-electron chi connectivity index (χ4n) is 1.12. The largest absolute Gasteiger partial charge is 0.347 e. The van der Waals surface area contributed by atoms with E-state index in [9.17, 15) is 4.79 Å². The number of thioether (sulfide) groups is 1. The molecule has 76 valence electrons. The highest BCUT2D eigenvalue weighted by Gasteiger charge is 2.22. The van der Waals surface area contributed by atoms with Gasteiger partial charge < -0.3 is 9.84 Å². The molecule has 0 radical (unpaired) electrons. The smallest absolute Gasteiger partial charge is 0.238 e. The molecule has 2 N–H and O–H groups in total. The zero-order valence-corrected chi connectivity index (χ0v) is 8.21. The number of aromatic nitrogens is 2. The predicted octanol–water partition coefficient (Wildman–Crippen LogP) is -0.652. The summed E-state index contributed by atoms with van der Waals surface area (Å²) in [6, 6.07) is -0.0908. The summed E-state index contributed by atoms with van der Waals surface area (Å²) in [5.41, 5.74) is 0. The minimum absolute atomic E-state index is 0.0141. The lowest BCUT2D eigenvalue weighted by atomic mass is 10.3. The molecule has 1 aliphatic heterocycles. The Morgan fingerprint density at radius 3 is 3.43 bits per heavy atom. The summed E-state index contributed by atoms with van der Waals surface area (Å²) in [7, 11) is 0. The molecule has 1 unspecified atom stereocenters. The van der Waals surface area contributed by atoms with Crippen molar-refractivity contribution < 1.29 is 9.32 Å². The number of carbonyl (C=O) groups is 1. The minimum atomic E-state index is -0.0908. The Kier molecular flexibility index (Phi) is 3.00. The second-order valence-corrected chi connectivity index (χ2v) is 3.87. The van der Waals surface area contributed by atoms with Gasteiger partial charge in [-0.25, -0.2) is 0 Å². The summed E-state index contributed by atoms with van der Waals surface area (Å²) >= 11 is 1.71. The van der Waals surface area contributed by atoms with Crippen LogP contribution >= 0.6 is 11.8 Å². The average molecular weight is 214 g/mol. The van der Waals surface area contributed by atoms with Crippen molar-refractivity contribution in [2.75, 3.05) is 11.6 Å². The van der Waals surface area contributed by atoms with E-state index in [1.165, 1.54) is 6.39 Å². The number of nitrogens with one attached hydrogen (secondary N) is 2. The third-order valence-corrected chi connectivity index (χ3v) is 2.80. The number of carbonyl (C=O) groups excluding carboxylic acids is 1. The van der Waals surface area contributed by atoms with Crippen LogP contribution in [0.15, 0.2) is 10.9 Å². The summed E-state index contributed by atoms with van der Waals surface area (Å²) in [5.74, 6) is 2.13. The first-order valence-corrected chi connectivity index (χ1v) is 5.36. The third-order valence-electron chi connectivity index (χ3n) is 1.86. The maximum absolute atomic E-state index is 11.5. The molecule has 0 bridgehead atoms. The van der Waals surface area contributed by atoms with Crippen LogP contribution in [0.25, 0.3) is 0 Å². The van der Waals surface area contributed by atoms with Crippen molar-refractivity contribution in [2.45, 2.75) is 12.6 Å². The SMILES string of the molecule is O=C(NCc1ncon1)C1CSCN1. The first-order chi connectivity index (χ1) is 6.86. The zero-order valence-electron chi connectivity index (χ0n) is 7.40. The number of rotatable bonds is 3. The fraction of sp³-hybridized carbons (Fsp3) is 0.571. The first-order valence-electron chi connectivity index (χ1n) is 4.20. The topological polar surface area (TPSA) is 80.1 Å². The summed E-state index contributed by atoms with van der Waals surface area (Å²) in [5, 5.41) is 9.39. The molecular formula is C7H10N4O2S. The molecule has 1 atom stereocenters. The van der Waals surface area contributed by atoms with Gasteiger partial charge in [0.05, 0.1) is 12.6 Å². The van der Waals surface area contributed by atoms with E-state index in [2.05, 4.69) is 25.3 Å². The Balaban J connectivity index is 1.77. The summed E-state index contributed by atoms with van der Waals surface area (Å²) in [4.78, 5) is 15.3. The van der Waals surface area contributed by atoms with Crippen LogP contribution in [-0.4, -0.2) is 33.7 Å². The lowest BCUT2D eigenvalue weighted by Crippen LogP contribution is -2.41. The molecule has 0 spiro atoms. The molecule has 1 fully saturated rings. The van der Waals surface area contributed by atoms with Gasteiger partial charge in [0.25, 0.3) is 0 Å². The molecule has 1 aliphatic rings. The van der Waals surface area contributed by atoms with Crippen molar-refractivity contribution in [3.05, 3.63) is 12.2 Å². The van der Waals surface area contributed by atoms with Gasteiger partial charge >= 0.3 is 0 Å². The number of hydrogen-bond donors (Lipinski definition) is 2. The molecule has 1 aromatic rings. The summed E-state index contributed by atoms with van der Waals surface area (Å²) in [6.45, 7) is 0.318. The summed E-state index contributed by atoms with van der Waals surface area (Å²) < 4.78 is 4.54. The van der Waals surface area contributed by atoms with Crippen LogP contribution in [0.4, 0.5) is 0 Å². The highest BCUT2D eigenvalue weighted by atomic mass is 32.2. The van der Waals surface area contributed by atoms with Gasteiger partial charge in [-0.05, 0) is 0 Å². The molecule has 14 heavy (non-hydrogen) atoms. The number of nitrogens with zero attached hydrogens (tertiary/aromatic N) is 2. The van der Waals surface area contributed by atoms with Crippen LogP contribution in [0.5, 0.6) is 0 Å². The Labute approximate surface area is 84.8 Å². The van der Waals surface area contributed by atoms with E-state index in [1.54, 1.807) is 11.8 Å². The molecule has 0 aromatic carbocycles.